The molecule has 0 aliphatic carbocycles. The molecule has 0 saturated carbocycles. The first-order chi connectivity index (χ1) is 14.5. The molecule has 0 spiro atoms. The molecular weight excluding hydrogens is 408 g/mol. The SMILES string of the molecule is COc1cc(C=NOCc2cccc([N+](=O)[O-])c2)ccc1OCc1ccc(Cl)cc1. The summed E-state index contributed by atoms with van der Waals surface area (Å²) in [6.45, 7) is 0.505. The van der Waals surface area contributed by atoms with E-state index in [2.05, 4.69) is 5.16 Å². The molecule has 3 aromatic rings. The van der Waals surface area contributed by atoms with Crippen LogP contribution in [0.15, 0.2) is 71.9 Å². The molecule has 0 fully saturated rings. The maximum absolute atomic E-state index is 10.8. The lowest BCUT2D eigenvalue weighted by molar-refractivity contribution is -0.384. The third-order valence-corrected chi connectivity index (χ3v) is 4.38. The van der Waals surface area contributed by atoms with Gasteiger partial charge in [0.1, 0.15) is 13.2 Å². The molecule has 3 aromatic carbocycles. The van der Waals surface area contributed by atoms with Crippen molar-refractivity contribution in [2.24, 2.45) is 5.16 Å². The minimum atomic E-state index is -0.449. The fourth-order valence-electron chi connectivity index (χ4n) is 2.60. The number of hydrogen-bond acceptors (Lipinski definition) is 6. The minimum absolute atomic E-state index is 0.0130. The van der Waals surface area contributed by atoms with Crippen molar-refractivity contribution in [2.45, 2.75) is 13.2 Å². The first kappa shape index (κ1) is 21.1. The summed E-state index contributed by atoms with van der Waals surface area (Å²) in [6.07, 6.45) is 1.53. The zero-order valence-corrected chi connectivity index (χ0v) is 16.9. The van der Waals surface area contributed by atoms with Crippen LogP contribution in [0.3, 0.4) is 0 Å². The van der Waals surface area contributed by atoms with E-state index in [0.717, 1.165) is 11.1 Å². The number of hydrogen-bond donors (Lipinski definition) is 0. The largest absolute Gasteiger partial charge is 0.493 e. The van der Waals surface area contributed by atoms with Gasteiger partial charge in [0, 0.05) is 22.7 Å². The van der Waals surface area contributed by atoms with E-state index < -0.39 is 4.92 Å². The maximum Gasteiger partial charge on any atom is 0.269 e. The second kappa shape index (κ2) is 10.3. The summed E-state index contributed by atoms with van der Waals surface area (Å²) < 4.78 is 11.2. The zero-order valence-electron chi connectivity index (χ0n) is 16.2. The van der Waals surface area contributed by atoms with E-state index in [9.17, 15) is 10.1 Å². The third-order valence-electron chi connectivity index (χ3n) is 4.12. The molecule has 0 aliphatic rings. The van der Waals surface area contributed by atoms with Crippen LogP contribution >= 0.6 is 11.6 Å². The van der Waals surface area contributed by atoms with Crippen molar-refractivity contribution in [1.82, 2.24) is 0 Å². The first-order valence-corrected chi connectivity index (χ1v) is 9.37. The molecule has 30 heavy (non-hydrogen) atoms. The monoisotopic (exact) mass is 426 g/mol. The molecule has 0 aromatic heterocycles. The number of rotatable bonds is 9. The van der Waals surface area contributed by atoms with E-state index in [0.29, 0.717) is 28.7 Å². The van der Waals surface area contributed by atoms with E-state index in [1.54, 1.807) is 31.4 Å². The van der Waals surface area contributed by atoms with Gasteiger partial charge < -0.3 is 14.3 Å². The standard InChI is InChI=1S/C22H19ClN2O5/c1-28-22-12-17(7-10-21(22)29-14-16-5-8-19(23)9-6-16)13-24-30-15-18-3-2-4-20(11-18)25(26)27/h2-13H,14-15H2,1H3. The van der Waals surface area contributed by atoms with Gasteiger partial charge in [-0.1, -0.05) is 41.0 Å². The molecule has 3 rings (SSSR count). The second-order valence-electron chi connectivity index (χ2n) is 6.26. The summed E-state index contributed by atoms with van der Waals surface area (Å²) in [5.74, 6) is 1.16. The van der Waals surface area contributed by atoms with Gasteiger partial charge in [0.25, 0.3) is 5.69 Å². The van der Waals surface area contributed by atoms with Crippen LogP contribution in [0.2, 0.25) is 5.02 Å². The highest BCUT2D eigenvalue weighted by Crippen LogP contribution is 2.28. The number of halogens is 1. The number of nitrogens with zero attached hydrogens (tertiary/aromatic N) is 2. The Morgan fingerprint density at radius 3 is 2.53 bits per heavy atom. The molecule has 0 unspecified atom stereocenters. The first-order valence-electron chi connectivity index (χ1n) is 8.99. The molecule has 0 heterocycles. The Kier molecular flexibility index (Phi) is 7.24. The van der Waals surface area contributed by atoms with Crippen LogP contribution in [-0.2, 0) is 18.1 Å². The topological polar surface area (TPSA) is 83.2 Å². The lowest BCUT2D eigenvalue weighted by Crippen LogP contribution is -1.98. The van der Waals surface area contributed by atoms with E-state index in [4.69, 9.17) is 25.9 Å². The average molecular weight is 427 g/mol. The quantitative estimate of drug-likeness (QED) is 0.260. The Morgan fingerprint density at radius 1 is 1.00 bits per heavy atom. The van der Waals surface area contributed by atoms with Crippen molar-refractivity contribution >= 4 is 23.5 Å². The van der Waals surface area contributed by atoms with Crippen LogP contribution in [0.1, 0.15) is 16.7 Å². The number of nitro groups is 1. The molecule has 0 N–H and O–H groups in total. The van der Waals surface area contributed by atoms with Gasteiger partial charge in [-0.25, -0.2) is 0 Å². The van der Waals surface area contributed by atoms with Gasteiger partial charge in [-0.3, -0.25) is 10.1 Å². The lowest BCUT2D eigenvalue weighted by Gasteiger charge is -2.11. The van der Waals surface area contributed by atoms with E-state index in [-0.39, 0.29) is 12.3 Å². The van der Waals surface area contributed by atoms with Crippen LogP contribution in [-0.4, -0.2) is 18.2 Å². The second-order valence-corrected chi connectivity index (χ2v) is 6.70. The van der Waals surface area contributed by atoms with Gasteiger partial charge in [-0.2, -0.15) is 0 Å². The van der Waals surface area contributed by atoms with Crippen LogP contribution in [0.25, 0.3) is 0 Å². The van der Waals surface area contributed by atoms with Crippen LogP contribution in [0, 0.1) is 10.1 Å². The Balaban J connectivity index is 1.58. The zero-order chi connectivity index (χ0) is 21.3. The summed E-state index contributed by atoms with van der Waals surface area (Å²) in [4.78, 5) is 15.6. The van der Waals surface area contributed by atoms with Crippen LogP contribution in [0.4, 0.5) is 5.69 Å². The van der Waals surface area contributed by atoms with Crippen molar-refractivity contribution in [3.8, 4) is 11.5 Å². The number of methoxy groups -OCH3 is 1. The summed E-state index contributed by atoms with van der Waals surface area (Å²) in [5, 5.41) is 15.4. The van der Waals surface area contributed by atoms with Crippen molar-refractivity contribution in [1.29, 1.82) is 0 Å². The highest BCUT2D eigenvalue weighted by molar-refractivity contribution is 6.30. The van der Waals surface area contributed by atoms with Crippen molar-refractivity contribution in [3.05, 3.63) is 98.6 Å². The van der Waals surface area contributed by atoms with E-state index in [1.165, 1.54) is 18.3 Å². The van der Waals surface area contributed by atoms with Gasteiger partial charge in [0.15, 0.2) is 11.5 Å². The number of nitro benzene ring substituents is 1. The molecule has 0 radical (unpaired) electrons. The molecule has 8 heteroatoms. The smallest absolute Gasteiger partial charge is 0.269 e. The normalized spacial score (nSPS) is 10.7. The summed E-state index contributed by atoms with van der Waals surface area (Å²) in [6, 6.07) is 19.0. The third kappa shape index (κ3) is 5.96. The molecule has 0 atom stereocenters. The number of benzene rings is 3. The highest BCUT2D eigenvalue weighted by atomic mass is 35.5. The van der Waals surface area contributed by atoms with Gasteiger partial charge in [-0.05, 0) is 41.5 Å². The van der Waals surface area contributed by atoms with Gasteiger partial charge in [0.2, 0.25) is 0 Å². The number of oxime groups is 1. The van der Waals surface area contributed by atoms with Crippen molar-refractivity contribution in [3.63, 3.8) is 0 Å². The Morgan fingerprint density at radius 2 is 1.80 bits per heavy atom. The van der Waals surface area contributed by atoms with Crippen LogP contribution in [0.5, 0.6) is 11.5 Å². The Labute approximate surface area is 178 Å². The van der Waals surface area contributed by atoms with Gasteiger partial charge in [-0.15, -0.1) is 0 Å². The predicted molar refractivity (Wildman–Crippen MR) is 114 cm³/mol. The number of non-ortho nitro benzene ring substituents is 1. The average Bonchev–Trinajstić information content (AvgIpc) is 2.77. The maximum atomic E-state index is 10.8. The predicted octanol–water partition coefficient (Wildman–Crippen LogP) is 5.39. The molecule has 0 saturated heterocycles. The number of ether oxygens (including phenoxy) is 2. The van der Waals surface area contributed by atoms with Gasteiger partial charge in [0.05, 0.1) is 18.2 Å². The Hall–Kier alpha value is -3.58. The molecule has 0 bridgehead atoms. The fraction of sp³-hybridized carbons (Fsp3) is 0.136. The molecule has 0 aliphatic heterocycles. The molecule has 0 amide bonds. The highest BCUT2D eigenvalue weighted by Gasteiger charge is 2.07. The lowest BCUT2D eigenvalue weighted by atomic mass is 10.2. The van der Waals surface area contributed by atoms with E-state index in [1.807, 2.05) is 30.3 Å². The molecule has 154 valence electrons. The van der Waals surface area contributed by atoms with Crippen LogP contribution < -0.4 is 9.47 Å². The van der Waals surface area contributed by atoms with Crippen molar-refractivity contribution in [2.75, 3.05) is 7.11 Å². The molecule has 7 nitrogen and oxygen atoms in total. The molecular formula is C22H19ClN2O5. The summed E-state index contributed by atoms with van der Waals surface area (Å²) in [7, 11) is 1.56. The van der Waals surface area contributed by atoms with Crippen molar-refractivity contribution < 1.29 is 19.2 Å². The summed E-state index contributed by atoms with van der Waals surface area (Å²) >= 11 is 5.89. The summed E-state index contributed by atoms with van der Waals surface area (Å²) in [5.41, 5.74) is 2.41. The minimum Gasteiger partial charge on any atom is -0.493 e. The van der Waals surface area contributed by atoms with Gasteiger partial charge >= 0.3 is 0 Å². The Bertz CT molecular complexity index is 1040. The fourth-order valence-corrected chi connectivity index (χ4v) is 2.72. The van der Waals surface area contributed by atoms with E-state index >= 15 is 0 Å².